The van der Waals surface area contributed by atoms with Crippen molar-refractivity contribution < 1.29 is 0 Å². The van der Waals surface area contributed by atoms with Crippen LogP contribution in [-0.4, -0.2) is 15.4 Å². The van der Waals surface area contributed by atoms with E-state index in [0.29, 0.717) is 11.4 Å². The van der Waals surface area contributed by atoms with E-state index in [1.165, 1.54) is 17.7 Å². The summed E-state index contributed by atoms with van der Waals surface area (Å²) in [5, 5.41) is 10.1. The Kier molecular flexibility index (Phi) is 5.36. The van der Waals surface area contributed by atoms with Crippen LogP contribution in [0.3, 0.4) is 0 Å². The van der Waals surface area contributed by atoms with Crippen molar-refractivity contribution in [2.24, 2.45) is 0 Å². The molecule has 1 aliphatic rings. The number of hydrogen-bond donors (Lipinski definition) is 0. The molecule has 6 heteroatoms. The zero-order valence-corrected chi connectivity index (χ0v) is 15.1. The molecule has 0 unspecified atom stereocenters. The Hall–Kier alpha value is -0.950. The van der Waals surface area contributed by atoms with Gasteiger partial charge in [0.25, 0.3) is 0 Å². The number of aromatic nitrogens is 2. The van der Waals surface area contributed by atoms with Gasteiger partial charge >= 0.3 is 0 Å². The van der Waals surface area contributed by atoms with Gasteiger partial charge < -0.3 is 4.57 Å². The monoisotopic (exact) mass is 369 g/mol. The number of pyridine rings is 1. The van der Waals surface area contributed by atoms with Gasteiger partial charge in [-0.25, -0.2) is 4.98 Å². The maximum absolute atomic E-state index is 9.58. The van der Waals surface area contributed by atoms with Crippen molar-refractivity contribution in [2.75, 3.05) is 5.88 Å². The lowest BCUT2D eigenvalue weighted by atomic mass is 9.97. The molecule has 0 aromatic carbocycles. The molecule has 2 heterocycles. The molecule has 122 valence electrons. The highest BCUT2D eigenvalue weighted by Crippen LogP contribution is 2.37. The largest absolute Gasteiger partial charge is 0.342 e. The second-order valence-corrected chi connectivity index (χ2v) is 7.05. The highest BCUT2D eigenvalue weighted by atomic mass is 35.5. The molecule has 0 N–H and O–H groups in total. The van der Waals surface area contributed by atoms with Crippen LogP contribution < -0.4 is 0 Å². The lowest BCUT2D eigenvalue weighted by Crippen LogP contribution is -2.09. The normalized spacial score (nSPS) is 14.0. The number of nitrogens with zero attached hydrogens (tertiary/aromatic N) is 3. The van der Waals surface area contributed by atoms with Gasteiger partial charge in [-0.05, 0) is 44.1 Å². The molecule has 0 spiro atoms. The predicted molar refractivity (Wildman–Crippen MR) is 95.7 cm³/mol. The van der Waals surface area contributed by atoms with Gasteiger partial charge in [-0.2, -0.15) is 5.26 Å². The molecule has 0 amide bonds. The number of rotatable bonds is 5. The maximum Gasteiger partial charge on any atom is 0.149 e. The summed E-state index contributed by atoms with van der Waals surface area (Å²) in [7, 11) is 0. The highest BCUT2D eigenvalue weighted by Gasteiger charge is 2.25. The van der Waals surface area contributed by atoms with Crippen LogP contribution in [0.25, 0.3) is 11.0 Å². The molecule has 3 nitrogen and oxygen atoms in total. The highest BCUT2D eigenvalue weighted by molar-refractivity contribution is 6.42. The van der Waals surface area contributed by atoms with Crippen molar-refractivity contribution in [2.45, 2.75) is 51.5 Å². The Morgan fingerprint density at radius 1 is 1.13 bits per heavy atom. The van der Waals surface area contributed by atoms with Crippen molar-refractivity contribution in [3.63, 3.8) is 0 Å². The van der Waals surface area contributed by atoms with Crippen LogP contribution in [0.5, 0.6) is 0 Å². The van der Waals surface area contributed by atoms with E-state index in [1.807, 2.05) is 0 Å². The lowest BCUT2D eigenvalue weighted by Gasteiger charge is -2.15. The number of unbranched alkanes of at least 4 members (excludes halogenated alkanes) is 2. The molecule has 1 aliphatic carbocycles. The van der Waals surface area contributed by atoms with E-state index in [1.54, 1.807) is 0 Å². The van der Waals surface area contributed by atoms with Crippen LogP contribution in [-0.2, 0) is 19.4 Å². The number of hydrogen-bond acceptors (Lipinski definition) is 2. The predicted octanol–water partition coefficient (Wildman–Crippen LogP) is 5.50. The fraction of sp³-hybridized carbons (Fsp3) is 0.529. The third kappa shape index (κ3) is 3.05. The molecule has 0 saturated heterocycles. The topological polar surface area (TPSA) is 41.6 Å². The van der Waals surface area contributed by atoms with E-state index in [0.717, 1.165) is 56.1 Å². The summed E-state index contributed by atoms with van der Waals surface area (Å²) in [5.74, 6) is 0.691. The Morgan fingerprint density at radius 2 is 1.91 bits per heavy atom. The molecule has 0 saturated carbocycles. The molecule has 0 aliphatic heterocycles. The number of alkyl halides is 1. The molecule has 0 atom stereocenters. The molecule has 0 radical (unpaired) electrons. The van der Waals surface area contributed by atoms with Gasteiger partial charge in [0.15, 0.2) is 0 Å². The Balaban J connectivity index is 2.16. The van der Waals surface area contributed by atoms with Gasteiger partial charge in [0.2, 0.25) is 0 Å². The average molecular weight is 371 g/mol. The molecule has 3 rings (SSSR count). The van der Waals surface area contributed by atoms with Crippen molar-refractivity contribution in [1.29, 1.82) is 5.26 Å². The first-order valence-electron chi connectivity index (χ1n) is 8.04. The molecule has 0 fully saturated rings. The van der Waals surface area contributed by atoms with Gasteiger partial charge in [0.05, 0.1) is 21.6 Å². The summed E-state index contributed by atoms with van der Waals surface area (Å²) in [4.78, 5) is 4.50. The Bertz CT molecular complexity index is 774. The number of fused-ring (bicyclic) bond motifs is 3. The van der Waals surface area contributed by atoms with Gasteiger partial charge in [-0.15, -0.1) is 11.6 Å². The summed E-state index contributed by atoms with van der Waals surface area (Å²) < 4.78 is 2.26. The van der Waals surface area contributed by atoms with Crippen molar-refractivity contribution >= 4 is 45.8 Å². The van der Waals surface area contributed by atoms with Gasteiger partial charge in [-0.3, -0.25) is 0 Å². The number of nitriles is 1. The van der Waals surface area contributed by atoms with Crippen LogP contribution in [0.1, 0.15) is 48.9 Å². The Morgan fingerprint density at radius 3 is 2.65 bits per heavy atom. The van der Waals surface area contributed by atoms with E-state index >= 15 is 0 Å². The minimum atomic E-state index is 0.225. The first-order valence-corrected chi connectivity index (χ1v) is 9.33. The van der Waals surface area contributed by atoms with Crippen LogP contribution in [0, 0.1) is 11.3 Å². The SMILES string of the molecule is N#Cc1c(Cl)c(Cl)nc2c3c(n(CCCCCCl)c12)CCCC3. The zero-order chi connectivity index (χ0) is 16.4. The van der Waals surface area contributed by atoms with Crippen molar-refractivity contribution in [3.05, 3.63) is 27.0 Å². The van der Waals surface area contributed by atoms with Crippen LogP contribution in [0.15, 0.2) is 0 Å². The zero-order valence-electron chi connectivity index (χ0n) is 12.8. The van der Waals surface area contributed by atoms with E-state index in [-0.39, 0.29) is 10.2 Å². The molecule has 2 aromatic rings. The fourth-order valence-electron chi connectivity index (χ4n) is 3.47. The summed E-state index contributed by atoms with van der Waals surface area (Å²) in [5.41, 5.74) is 4.73. The van der Waals surface area contributed by atoms with E-state index in [4.69, 9.17) is 34.8 Å². The Labute approximate surface area is 151 Å². The smallest absolute Gasteiger partial charge is 0.149 e. The van der Waals surface area contributed by atoms with Crippen LogP contribution >= 0.6 is 34.8 Å². The second kappa shape index (κ2) is 7.30. The van der Waals surface area contributed by atoms with Crippen LogP contribution in [0.4, 0.5) is 0 Å². The minimum absolute atomic E-state index is 0.225. The second-order valence-electron chi connectivity index (χ2n) is 5.93. The third-order valence-corrected chi connectivity index (χ3v) is 5.52. The fourth-order valence-corrected chi connectivity index (χ4v) is 4.01. The van der Waals surface area contributed by atoms with E-state index < -0.39 is 0 Å². The van der Waals surface area contributed by atoms with Crippen molar-refractivity contribution in [3.8, 4) is 6.07 Å². The first-order chi connectivity index (χ1) is 11.2. The third-order valence-electron chi connectivity index (χ3n) is 4.52. The molecular formula is C17H18Cl3N3. The molecule has 2 aromatic heterocycles. The van der Waals surface area contributed by atoms with Crippen molar-refractivity contribution in [1.82, 2.24) is 9.55 Å². The number of aryl methyl sites for hydroxylation is 2. The standard InChI is InChI=1S/C17H18Cl3N3/c18-8-4-1-5-9-23-13-7-3-2-6-11(13)15-16(23)12(10-21)14(19)17(20)22-15/h1-9H2. The quantitative estimate of drug-likeness (QED) is 0.396. The lowest BCUT2D eigenvalue weighted by molar-refractivity contribution is 0.572. The van der Waals surface area contributed by atoms with Crippen LogP contribution in [0.2, 0.25) is 10.2 Å². The molecular weight excluding hydrogens is 353 g/mol. The maximum atomic E-state index is 9.58. The summed E-state index contributed by atoms with van der Waals surface area (Å²) in [6.07, 6.45) is 7.48. The minimum Gasteiger partial charge on any atom is -0.342 e. The van der Waals surface area contributed by atoms with Gasteiger partial charge in [0.1, 0.15) is 11.2 Å². The summed E-state index contributed by atoms with van der Waals surface area (Å²) in [6, 6.07) is 2.23. The molecule has 23 heavy (non-hydrogen) atoms. The first kappa shape index (κ1) is 16.9. The van der Waals surface area contributed by atoms with E-state index in [2.05, 4.69) is 15.6 Å². The van der Waals surface area contributed by atoms with E-state index in [9.17, 15) is 5.26 Å². The summed E-state index contributed by atoms with van der Waals surface area (Å²) in [6.45, 7) is 0.872. The molecule has 0 bridgehead atoms. The van der Waals surface area contributed by atoms with Gasteiger partial charge in [-0.1, -0.05) is 29.6 Å². The average Bonchev–Trinajstić information content (AvgIpc) is 2.87. The summed E-state index contributed by atoms with van der Waals surface area (Å²) >= 11 is 18.2. The number of halogens is 3. The van der Waals surface area contributed by atoms with Gasteiger partial charge in [0, 0.05) is 18.1 Å².